The van der Waals surface area contributed by atoms with Crippen LogP contribution in [0.3, 0.4) is 0 Å². The van der Waals surface area contributed by atoms with Crippen LogP contribution in [0.4, 0.5) is 0 Å². The van der Waals surface area contributed by atoms with Crippen LogP contribution in [0.5, 0.6) is 0 Å². The van der Waals surface area contributed by atoms with E-state index in [0.29, 0.717) is 36.6 Å². The Balaban J connectivity index is 1.43. The van der Waals surface area contributed by atoms with Gasteiger partial charge < -0.3 is 25.0 Å². The molecule has 0 spiro atoms. The van der Waals surface area contributed by atoms with Gasteiger partial charge in [0.15, 0.2) is 0 Å². The van der Waals surface area contributed by atoms with E-state index < -0.39 is 18.1 Å². The summed E-state index contributed by atoms with van der Waals surface area (Å²) >= 11 is 1.37. The molecule has 12 nitrogen and oxygen atoms in total. The van der Waals surface area contributed by atoms with Gasteiger partial charge in [-0.2, -0.15) is 0 Å². The summed E-state index contributed by atoms with van der Waals surface area (Å²) in [6, 6.07) is 14.2. The first-order chi connectivity index (χ1) is 29.3. The zero-order valence-corrected chi connectivity index (χ0v) is 39.8. The molecule has 2 aromatic heterocycles. The summed E-state index contributed by atoms with van der Waals surface area (Å²) in [6.45, 7) is 13.8. The van der Waals surface area contributed by atoms with Crippen molar-refractivity contribution in [3.05, 3.63) is 76.4 Å². The highest BCUT2D eigenvalue weighted by molar-refractivity contribution is 8.76. The molecule has 1 aliphatic heterocycles. The molecule has 1 aromatic carbocycles. The maximum atomic E-state index is 14.4. The number of nitrogens with zero attached hydrogens (tertiary/aromatic N) is 4. The van der Waals surface area contributed by atoms with Crippen molar-refractivity contribution in [3.63, 3.8) is 0 Å². The molecule has 2 N–H and O–H groups in total. The number of nitrogens with one attached hydrogen (secondary N) is 2. The highest BCUT2D eigenvalue weighted by atomic mass is 33.1. The van der Waals surface area contributed by atoms with E-state index in [9.17, 15) is 19.2 Å². The number of likely N-dealkylation sites (tertiary alicyclic amines) is 1. The van der Waals surface area contributed by atoms with E-state index in [4.69, 9.17) is 14.5 Å². The quantitative estimate of drug-likeness (QED) is 0.0483. The van der Waals surface area contributed by atoms with Gasteiger partial charge in [0.2, 0.25) is 11.8 Å². The second-order valence-corrected chi connectivity index (χ2v) is 19.9. The number of likely N-dealkylation sites (N-methyl/N-ethyl adjacent to an activating group) is 2. The van der Waals surface area contributed by atoms with Crippen molar-refractivity contribution < 1.29 is 28.7 Å². The number of carbonyl (C=O) groups is 4. The predicted octanol–water partition coefficient (Wildman–Crippen LogP) is 8.25. The summed E-state index contributed by atoms with van der Waals surface area (Å²) in [5, 5.41) is 9.64. The first-order valence-electron chi connectivity index (χ1n) is 21.9. The number of ether oxygens (including phenoxy) is 2. The summed E-state index contributed by atoms with van der Waals surface area (Å²) in [6.07, 6.45) is 7.06. The molecule has 3 amide bonds. The van der Waals surface area contributed by atoms with E-state index in [1.165, 1.54) is 11.3 Å². The predicted molar refractivity (Wildman–Crippen MR) is 247 cm³/mol. The minimum absolute atomic E-state index is 0.0569. The number of piperidine rings is 1. The lowest BCUT2D eigenvalue weighted by atomic mass is 9.92. The molecule has 0 aliphatic carbocycles. The molecule has 0 saturated carbocycles. The van der Waals surface area contributed by atoms with E-state index in [0.717, 1.165) is 49.2 Å². The molecule has 7 atom stereocenters. The monoisotopic (exact) mass is 896 g/mol. The van der Waals surface area contributed by atoms with Crippen LogP contribution in [0.2, 0.25) is 0 Å². The first kappa shape index (κ1) is 50.1. The zero-order chi connectivity index (χ0) is 44.3. The van der Waals surface area contributed by atoms with Crippen LogP contribution < -0.4 is 10.6 Å². The molecule has 3 heterocycles. The van der Waals surface area contributed by atoms with Gasteiger partial charge in [0.05, 0.1) is 12.0 Å². The van der Waals surface area contributed by atoms with Gasteiger partial charge in [-0.25, -0.2) is 9.97 Å². The lowest BCUT2D eigenvalue weighted by Crippen LogP contribution is -2.58. The number of aromatic nitrogens is 2. The number of esters is 1. The molecule has 15 heteroatoms. The van der Waals surface area contributed by atoms with E-state index in [2.05, 4.69) is 34.4 Å². The summed E-state index contributed by atoms with van der Waals surface area (Å²) in [5.74, 6) is -0.652. The Hall–Kier alpha value is -3.50. The Labute approximate surface area is 375 Å². The van der Waals surface area contributed by atoms with Gasteiger partial charge in [-0.05, 0) is 86.0 Å². The molecular weight excluding hydrogens is 829 g/mol. The topological polar surface area (TPSA) is 143 Å². The summed E-state index contributed by atoms with van der Waals surface area (Å²) in [4.78, 5) is 67.9. The number of thiazole rings is 1. The van der Waals surface area contributed by atoms with Crippen LogP contribution in [-0.2, 0) is 30.3 Å². The zero-order valence-electron chi connectivity index (χ0n) is 37.3. The van der Waals surface area contributed by atoms with Gasteiger partial charge in [0.25, 0.3) is 5.91 Å². The van der Waals surface area contributed by atoms with Crippen LogP contribution in [0, 0.1) is 17.8 Å². The number of carbonyl (C=O) groups excluding carboxylic acids is 4. The number of hydrogen-bond donors (Lipinski definition) is 2. The molecule has 1 aliphatic rings. The van der Waals surface area contributed by atoms with Crippen molar-refractivity contribution in [1.29, 1.82) is 0 Å². The molecule has 0 radical (unpaired) electrons. The molecule has 1 saturated heterocycles. The fourth-order valence-corrected chi connectivity index (χ4v) is 10.1. The fourth-order valence-electron chi connectivity index (χ4n) is 7.55. The van der Waals surface area contributed by atoms with Crippen LogP contribution in [0.1, 0.15) is 114 Å². The minimum atomic E-state index is -0.654. The molecule has 3 aromatic rings. The fraction of sp³-hybridized carbons (Fsp3) is 0.609. The second kappa shape index (κ2) is 26.2. The van der Waals surface area contributed by atoms with Crippen molar-refractivity contribution in [3.8, 4) is 0 Å². The van der Waals surface area contributed by atoms with E-state index >= 15 is 0 Å². The Bertz CT molecular complexity index is 1790. The molecule has 0 bridgehead atoms. The highest BCUT2D eigenvalue weighted by Crippen LogP contribution is 2.32. The van der Waals surface area contributed by atoms with E-state index in [1.807, 2.05) is 90.3 Å². The SMILES string of the molecule is CCCOC(CC(C(C)C)N(C)C(=O)C(NC(=O)C1CCCCN1C)C(C)CC)c1nc(C(=O)NC(Cc2ccccc2)CC(C)C(=O)OCCSSc2ccccn2)cs1. The Kier molecular flexibility index (Phi) is 21.5. The third kappa shape index (κ3) is 16.0. The standard InChI is InChI=1S/C46H68N6O6S3/c1-9-24-57-39(29-38(31(3)4)52(8)45(55)41(32(5)10-2)50-43(54)37-20-15-17-23-51(37)7)44-49-36(30-59-44)42(53)48-35(28-34-18-12-11-13-19-34)27-33(6)46(56)58-25-26-60-61-40-21-14-16-22-47-40/h11-14,16,18-19,21-22,30-33,35,37-39,41H,9-10,15,17,20,23-29H2,1-8H3,(H,48,53)(H,50,54). The first-order valence-corrected chi connectivity index (χ1v) is 25.1. The lowest BCUT2D eigenvalue weighted by molar-refractivity contribution is -0.147. The van der Waals surface area contributed by atoms with Crippen LogP contribution >= 0.6 is 32.9 Å². The van der Waals surface area contributed by atoms with Gasteiger partial charge in [-0.1, -0.05) is 102 Å². The van der Waals surface area contributed by atoms with Crippen LogP contribution in [0.15, 0.2) is 65.1 Å². The smallest absolute Gasteiger partial charge is 0.308 e. The lowest BCUT2D eigenvalue weighted by Gasteiger charge is -2.38. The van der Waals surface area contributed by atoms with Crippen molar-refractivity contribution in [2.45, 2.75) is 128 Å². The van der Waals surface area contributed by atoms with Gasteiger partial charge in [-0.3, -0.25) is 24.1 Å². The third-order valence-electron chi connectivity index (χ3n) is 11.4. The number of hydrogen-bond acceptors (Lipinski definition) is 12. The van der Waals surface area contributed by atoms with Gasteiger partial charge >= 0.3 is 5.97 Å². The highest BCUT2D eigenvalue weighted by Gasteiger charge is 2.37. The molecule has 1 fully saturated rings. The minimum Gasteiger partial charge on any atom is -0.465 e. The number of rotatable bonds is 25. The molecule has 336 valence electrons. The van der Waals surface area contributed by atoms with Crippen LogP contribution in [0.25, 0.3) is 0 Å². The molecule has 4 rings (SSSR count). The average molecular weight is 897 g/mol. The molecular formula is C46H68N6O6S3. The van der Waals surface area contributed by atoms with Gasteiger partial charge in [-0.15, -0.1) is 11.3 Å². The van der Waals surface area contributed by atoms with Gasteiger partial charge in [0.1, 0.15) is 34.5 Å². The number of amides is 3. The van der Waals surface area contributed by atoms with Crippen molar-refractivity contribution in [1.82, 2.24) is 30.4 Å². The maximum absolute atomic E-state index is 14.4. The Morgan fingerprint density at radius 3 is 2.41 bits per heavy atom. The Morgan fingerprint density at radius 2 is 1.74 bits per heavy atom. The number of benzene rings is 1. The summed E-state index contributed by atoms with van der Waals surface area (Å²) < 4.78 is 12.0. The largest absolute Gasteiger partial charge is 0.465 e. The van der Waals surface area contributed by atoms with E-state index in [1.54, 1.807) is 38.1 Å². The van der Waals surface area contributed by atoms with Crippen molar-refractivity contribution in [2.75, 3.05) is 39.6 Å². The number of pyridine rings is 1. The van der Waals surface area contributed by atoms with Crippen LogP contribution in [-0.4, -0.2) is 107 Å². The molecule has 7 unspecified atom stereocenters. The van der Waals surface area contributed by atoms with Crippen molar-refractivity contribution >= 4 is 56.6 Å². The van der Waals surface area contributed by atoms with E-state index in [-0.39, 0.29) is 66.0 Å². The van der Waals surface area contributed by atoms with Gasteiger partial charge in [0, 0.05) is 49.5 Å². The maximum Gasteiger partial charge on any atom is 0.308 e. The summed E-state index contributed by atoms with van der Waals surface area (Å²) in [5.41, 5.74) is 1.32. The normalized spacial score (nSPS) is 17.4. The average Bonchev–Trinajstić information content (AvgIpc) is 3.76. The van der Waals surface area contributed by atoms with Crippen molar-refractivity contribution in [2.24, 2.45) is 17.8 Å². The second-order valence-electron chi connectivity index (χ2n) is 16.5. The Morgan fingerprint density at radius 1 is 0.984 bits per heavy atom. The summed E-state index contributed by atoms with van der Waals surface area (Å²) in [7, 11) is 6.92. The third-order valence-corrected chi connectivity index (χ3v) is 14.5. The molecule has 61 heavy (non-hydrogen) atoms.